The van der Waals surface area contributed by atoms with E-state index in [0.29, 0.717) is 6.42 Å². The molecular weight excluding hydrogens is 216 g/mol. The number of aliphatic carboxylic acids is 1. The van der Waals surface area contributed by atoms with Crippen molar-refractivity contribution in [2.75, 3.05) is 0 Å². The Morgan fingerprint density at radius 2 is 1.71 bits per heavy atom. The molecule has 0 aromatic heterocycles. The molecule has 0 aliphatic rings. The van der Waals surface area contributed by atoms with Gasteiger partial charge in [-0.3, -0.25) is 4.79 Å². The Morgan fingerprint density at radius 3 is 2.47 bits per heavy atom. The fraction of sp³-hybridized carbons (Fsp3) is 0.143. The summed E-state index contributed by atoms with van der Waals surface area (Å²) in [5.41, 5.74) is 0.984. The number of carbonyl (C=O) groups is 2. The van der Waals surface area contributed by atoms with Gasteiger partial charge in [0.25, 0.3) is 0 Å². The summed E-state index contributed by atoms with van der Waals surface area (Å²) < 4.78 is 0. The molecule has 2 aromatic rings. The summed E-state index contributed by atoms with van der Waals surface area (Å²) in [4.78, 5) is 21.3. The van der Waals surface area contributed by atoms with E-state index in [2.05, 4.69) is 0 Å². The van der Waals surface area contributed by atoms with Gasteiger partial charge in [0, 0.05) is 6.42 Å². The first-order chi connectivity index (χ1) is 8.18. The Labute approximate surface area is 98.7 Å². The summed E-state index contributed by atoms with van der Waals surface area (Å²) in [6, 6.07) is 13.6. The molecule has 0 bridgehead atoms. The number of fused-ring (bicyclic) bond motifs is 1. The van der Waals surface area contributed by atoms with Crippen LogP contribution in [0.2, 0.25) is 0 Å². The van der Waals surface area contributed by atoms with Crippen LogP contribution in [0.15, 0.2) is 42.5 Å². The molecule has 86 valence electrons. The Hall–Kier alpha value is -2.16. The lowest BCUT2D eigenvalue weighted by molar-refractivity contribution is -0.300. The van der Waals surface area contributed by atoms with Crippen molar-refractivity contribution in [3.05, 3.63) is 48.0 Å². The number of carbonyl (C=O) groups excluding carboxylic acids is 2. The van der Waals surface area contributed by atoms with E-state index in [-0.39, 0.29) is 6.42 Å². The van der Waals surface area contributed by atoms with Gasteiger partial charge < -0.3 is 9.90 Å². The van der Waals surface area contributed by atoms with Crippen LogP contribution >= 0.6 is 0 Å². The summed E-state index contributed by atoms with van der Waals surface area (Å²) >= 11 is 0. The normalized spacial score (nSPS) is 10.4. The van der Waals surface area contributed by atoms with E-state index in [9.17, 15) is 14.7 Å². The van der Waals surface area contributed by atoms with Crippen molar-refractivity contribution in [3.8, 4) is 0 Å². The van der Waals surface area contributed by atoms with Crippen LogP contribution in [0.1, 0.15) is 12.0 Å². The van der Waals surface area contributed by atoms with Crippen molar-refractivity contribution in [2.45, 2.75) is 12.8 Å². The quantitative estimate of drug-likeness (QED) is 0.735. The number of aryl methyl sites for hydroxylation is 1. The summed E-state index contributed by atoms with van der Waals surface area (Å²) in [6.07, 6.45) is 0.407. The molecule has 0 aliphatic carbocycles. The van der Waals surface area contributed by atoms with Gasteiger partial charge in [-0.25, -0.2) is 0 Å². The van der Waals surface area contributed by atoms with Crippen LogP contribution in [0.25, 0.3) is 10.8 Å². The maximum absolute atomic E-state index is 11.0. The number of carboxylic acids is 1. The molecule has 3 nitrogen and oxygen atoms in total. The van der Waals surface area contributed by atoms with Gasteiger partial charge in [0.1, 0.15) is 5.97 Å². The van der Waals surface area contributed by atoms with Gasteiger partial charge in [-0.1, -0.05) is 42.5 Å². The largest absolute Gasteiger partial charge is 0.542 e. The molecule has 0 saturated carbocycles. The predicted octanol–water partition coefficient (Wildman–Crippen LogP) is 1.09. The van der Waals surface area contributed by atoms with E-state index in [0.717, 1.165) is 16.3 Å². The second kappa shape index (κ2) is 4.78. The Kier molecular flexibility index (Phi) is 3.19. The third-order valence-corrected chi connectivity index (χ3v) is 2.73. The zero-order valence-corrected chi connectivity index (χ0v) is 9.18. The summed E-state index contributed by atoms with van der Waals surface area (Å²) in [5, 5.41) is 12.5. The molecule has 0 N–H and O–H groups in total. The van der Waals surface area contributed by atoms with Crippen molar-refractivity contribution in [3.63, 3.8) is 0 Å². The lowest BCUT2D eigenvalue weighted by Gasteiger charge is -2.06. The van der Waals surface area contributed by atoms with E-state index >= 15 is 0 Å². The number of carboxylic acid groups (broad SMARTS) is 1. The zero-order valence-electron chi connectivity index (χ0n) is 9.18. The van der Waals surface area contributed by atoms with Crippen LogP contribution in [0, 0.1) is 0 Å². The lowest BCUT2D eigenvalue weighted by atomic mass is 10.00. The van der Waals surface area contributed by atoms with E-state index in [1.54, 1.807) is 0 Å². The van der Waals surface area contributed by atoms with Gasteiger partial charge in [0.15, 0.2) is 5.78 Å². The standard InChI is InChI=1S/C14H12O3/c15-13(14(16)17)9-8-11-6-3-5-10-4-1-2-7-12(10)11/h1-7H,8-9H2,(H,16,17)/p-1. The average molecular weight is 227 g/mol. The molecule has 0 radical (unpaired) electrons. The summed E-state index contributed by atoms with van der Waals surface area (Å²) in [5.74, 6) is -2.46. The van der Waals surface area contributed by atoms with Crippen LogP contribution in [0.4, 0.5) is 0 Å². The fourth-order valence-electron chi connectivity index (χ4n) is 1.86. The van der Waals surface area contributed by atoms with Crippen LogP contribution in [-0.2, 0) is 16.0 Å². The van der Waals surface area contributed by atoms with Crippen LogP contribution < -0.4 is 5.11 Å². The van der Waals surface area contributed by atoms with E-state index in [4.69, 9.17) is 0 Å². The molecule has 0 fully saturated rings. The van der Waals surface area contributed by atoms with Gasteiger partial charge in [-0.05, 0) is 22.8 Å². The third-order valence-electron chi connectivity index (χ3n) is 2.73. The maximum atomic E-state index is 11.0. The van der Waals surface area contributed by atoms with Gasteiger partial charge >= 0.3 is 0 Å². The molecule has 0 saturated heterocycles. The molecule has 0 heterocycles. The van der Waals surface area contributed by atoms with E-state index in [1.807, 2.05) is 42.5 Å². The van der Waals surface area contributed by atoms with Crippen LogP contribution in [-0.4, -0.2) is 11.8 Å². The first-order valence-electron chi connectivity index (χ1n) is 5.39. The number of benzene rings is 2. The fourth-order valence-corrected chi connectivity index (χ4v) is 1.86. The monoisotopic (exact) mass is 227 g/mol. The molecule has 2 aromatic carbocycles. The van der Waals surface area contributed by atoms with Crippen molar-refractivity contribution in [1.29, 1.82) is 0 Å². The zero-order chi connectivity index (χ0) is 12.3. The number of ketones is 1. The summed E-state index contributed by atoms with van der Waals surface area (Å²) in [7, 11) is 0. The molecule has 2 rings (SSSR count). The SMILES string of the molecule is O=C([O-])C(=O)CCc1cccc2ccccc12. The highest BCUT2D eigenvalue weighted by Gasteiger charge is 2.05. The highest BCUT2D eigenvalue weighted by molar-refractivity contribution is 6.31. The molecule has 0 spiro atoms. The van der Waals surface area contributed by atoms with Crippen LogP contribution in [0.5, 0.6) is 0 Å². The van der Waals surface area contributed by atoms with Crippen molar-refractivity contribution in [2.24, 2.45) is 0 Å². The van der Waals surface area contributed by atoms with Gasteiger partial charge in [-0.15, -0.1) is 0 Å². The molecular formula is C14H11O3-. The number of hydrogen-bond donors (Lipinski definition) is 0. The van der Waals surface area contributed by atoms with Gasteiger partial charge in [-0.2, -0.15) is 0 Å². The predicted molar refractivity (Wildman–Crippen MR) is 62.3 cm³/mol. The van der Waals surface area contributed by atoms with E-state index < -0.39 is 11.8 Å². The molecule has 0 atom stereocenters. The molecule has 17 heavy (non-hydrogen) atoms. The van der Waals surface area contributed by atoms with Crippen molar-refractivity contribution >= 4 is 22.5 Å². The Bertz CT molecular complexity index is 567. The van der Waals surface area contributed by atoms with Crippen LogP contribution in [0.3, 0.4) is 0 Å². The number of rotatable bonds is 4. The highest BCUT2D eigenvalue weighted by Crippen LogP contribution is 2.19. The number of hydrogen-bond acceptors (Lipinski definition) is 3. The molecule has 0 unspecified atom stereocenters. The second-order valence-electron chi connectivity index (χ2n) is 3.85. The Morgan fingerprint density at radius 1 is 1.00 bits per heavy atom. The molecule has 3 heteroatoms. The number of Topliss-reactive ketones (excluding diaryl/α,β-unsaturated/α-hetero) is 1. The molecule has 0 amide bonds. The minimum Gasteiger partial charge on any atom is -0.542 e. The van der Waals surface area contributed by atoms with Crippen molar-refractivity contribution < 1.29 is 14.7 Å². The smallest absolute Gasteiger partial charge is 0.178 e. The second-order valence-corrected chi connectivity index (χ2v) is 3.85. The minimum atomic E-state index is -1.61. The van der Waals surface area contributed by atoms with E-state index in [1.165, 1.54) is 0 Å². The summed E-state index contributed by atoms with van der Waals surface area (Å²) in [6.45, 7) is 0. The Balaban J connectivity index is 2.24. The first-order valence-corrected chi connectivity index (χ1v) is 5.39. The van der Waals surface area contributed by atoms with Gasteiger partial charge in [0.05, 0.1) is 0 Å². The third kappa shape index (κ3) is 2.50. The minimum absolute atomic E-state index is 0.0175. The maximum Gasteiger partial charge on any atom is 0.178 e. The topological polar surface area (TPSA) is 57.2 Å². The lowest BCUT2D eigenvalue weighted by Crippen LogP contribution is -2.31. The average Bonchev–Trinajstić information content (AvgIpc) is 2.35. The van der Waals surface area contributed by atoms with Gasteiger partial charge in [0.2, 0.25) is 0 Å². The highest BCUT2D eigenvalue weighted by atomic mass is 16.4. The first kappa shape index (κ1) is 11.3. The van der Waals surface area contributed by atoms with Crippen molar-refractivity contribution in [1.82, 2.24) is 0 Å². The molecule has 0 aliphatic heterocycles.